The molecular weight excluding hydrogens is 488 g/mol. The highest BCUT2D eigenvalue weighted by atomic mass is 35.5. The fourth-order valence-electron chi connectivity index (χ4n) is 3.63. The highest BCUT2D eigenvalue weighted by Gasteiger charge is 2.28. The zero-order valence-electron chi connectivity index (χ0n) is 18.8. The average Bonchev–Trinajstić information content (AvgIpc) is 3.17. The van der Waals surface area contributed by atoms with Crippen LogP contribution >= 0.6 is 11.6 Å². The molecule has 0 spiro atoms. The molecule has 4 aromatic rings. The fourth-order valence-corrected chi connectivity index (χ4v) is 4.94. The topological polar surface area (TPSA) is 124 Å². The molecule has 1 amide bonds. The van der Waals surface area contributed by atoms with Crippen LogP contribution in [0.3, 0.4) is 0 Å². The van der Waals surface area contributed by atoms with Gasteiger partial charge in [0.2, 0.25) is 15.9 Å². The summed E-state index contributed by atoms with van der Waals surface area (Å²) in [5.41, 5.74) is 2.06. The summed E-state index contributed by atoms with van der Waals surface area (Å²) in [6.45, 7) is 2.04. The third-order valence-electron chi connectivity index (χ3n) is 5.40. The number of hydrogen-bond acceptors (Lipinski definition) is 5. The van der Waals surface area contributed by atoms with Gasteiger partial charge in [-0.1, -0.05) is 67.4 Å². The van der Waals surface area contributed by atoms with Crippen molar-refractivity contribution in [3.05, 3.63) is 88.9 Å². The van der Waals surface area contributed by atoms with E-state index >= 15 is 0 Å². The Bertz CT molecular complexity index is 1480. The van der Waals surface area contributed by atoms with Gasteiger partial charge in [0.05, 0.1) is 10.4 Å². The largest absolute Gasteiger partial charge is 0.493 e. The Morgan fingerprint density at radius 2 is 1.74 bits per heavy atom. The summed E-state index contributed by atoms with van der Waals surface area (Å²) in [7, 11) is -4.07. The molecule has 8 nitrogen and oxygen atoms in total. The molecule has 1 heterocycles. The van der Waals surface area contributed by atoms with Crippen LogP contribution in [0.4, 0.5) is 5.69 Å². The number of rotatable bonds is 8. The Labute approximate surface area is 207 Å². The number of aromatic amines is 1. The van der Waals surface area contributed by atoms with Gasteiger partial charge in [0.15, 0.2) is 5.69 Å². The molecule has 1 unspecified atom stereocenters. The summed E-state index contributed by atoms with van der Waals surface area (Å²) in [6.07, 6.45) is 1.77. The predicted molar refractivity (Wildman–Crippen MR) is 134 cm³/mol. The molecule has 3 N–H and O–H groups in total. The van der Waals surface area contributed by atoms with Crippen molar-refractivity contribution < 1.29 is 18.3 Å². The minimum absolute atomic E-state index is 0.0235. The lowest BCUT2D eigenvalue weighted by Crippen LogP contribution is -2.33. The molecule has 35 heavy (non-hydrogen) atoms. The van der Waals surface area contributed by atoms with Crippen LogP contribution in [0.2, 0.25) is 5.02 Å². The van der Waals surface area contributed by atoms with Gasteiger partial charge >= 0.3 is 0 Å². The third-order valence-corrected chi connectivity index (χ3v) is 7.09. The van der Waals surface area contributed by atoms with E-state index in [2.05, 4.69) is 19.9 Å². The number of amides is 1. The van der Waals surface area contributed by atoms with Gasteiger partial charge in [-0.2, -0.15) is 4.72 Å². The number of H-pyrrole nitrogens is 1. The van der Waals surface area contributed by atoms with Crippen LogP contribution in [-0.4, -0.2) is 24.4 Å². The van der Waals surface area contributed by atoms with Gasteiger partial charge in [-0.25, -0.2) is 8.42 Å². The number of sulfonamides is 1. The second-order valence-corrected chi connectivity index (χ2v) is 10.1. The molecular formula is C25H23ClN4O4S. The van der Waals surface area contributed by atoms with Crippen molar-refractivity contribution in [1.29, 1.82) is 0 Å². The second-order valence-electron chi connectivity index (χ2n) is 7.91. The van der Waals surface area contributed by atoms with E-state index < -0.39 is 22.0 Å². The van der Waals surface area contributed by atoms with E-state index in [-0.39, 0.29) is 16.5 Å². The van der Waals surface area contributed by atoms with Gasteiger partial charge in [-0.05, 0) is 47.9 Å². The number of aromatic hydroxyl groups is 1. The van der Waals surface area contributed by atoms with Crippen molar-refractivity contribution in [2.24, 2.45) is 10.2 Å². The monoisotopic (exact) mass is 510 g/mol. The molecule has 0 bridgehead atoms. The zero-order valence-corrected chi connectivity index (χ0v) is 20.3. The first-order valence-corrected chi connectivity index (χ1v) is 12.8. The van der Waals surface area contributed by atoms with Crippen molar-refractivity contribution in [3.63, 3.8) is 0 Å². The predicted octanol–water partition coefficient (Wildman–Crippen LogP) is 5.81. The Hall–Kier alpha value is -3.53. The molecule has 0 radical (unpaired) electrons. The summed E-state index contributed by atoms with van der Waals surface area (Å²) in [5.74, 6) is -1.11. The molecule has 1 aromatic heterocycles. The minimum Gasteiger partial charge on any atom is -0.493 e. The SMILES string of the molecule is CCCc1ccc(S(=O)(=O)NC(C(=O)N=Nc2c(O)[nH]c3ccccc23)c2ccc(Cl)cc2)cc1. The Kier molecular flexibility index (Phi) is 7.30. The van der Waals surface area contributed by atoms with Crippen molar-refractivity contribution in [1.82, 2.24) is 9.71 Å². The maximum absolute atomic E-state index is 13.1. The van der Waals surface area contributed by atoms with Crippen LogP contribution in [-0.2, 0) is 21.2 Å². The number of carbonyl (C=O) groups excluding carboxylic acids is 1. The van der Waals surface area contributed by atoms with Gasteiger partial charge in [0.25, 0.3) is 5.91 Å². The minimum atomic E-state index is -4.07. The van der Waals surface area contributed by atoms with E-state index in [1.807, 2.05) is 6.92 Å². The van der Waals surface area contributed by atoms with E-state index in [1.54, 1.807) is 48.5 Å². The standard InChI is InChI=1S/C25H23ClN4O4S/c1-2-5-16-8-14-19(15-9-16)35(33,34)30-22(17-10-12-18(26)13-11-17)25(32)29-28-23-20-6-3-4-7-21(20)27-24(23)31/h3-4,6-15,22,27,30-31H,2,5H2,1H3. The van der Waals surface area contributed by atoms with Gasteiger partial charge in [-0.3, -0.25) is 4.79 Å². The first-order chi connectivity index (χ1) is 16.8. The number of hydrogen-bond donors (Lipinski definition) is 3. The van der Waals surface area contributed by atoms with E-state index in [1.165, 1.54) is 24.3 Å². The van der Waals surface area contributed by atoms with E-state index in [0.29, 0.717) is 21.5 Å². The maximum Gasteiger partial charge on any atom is 0.287 e. The van der Waals surface area contributed by atoms with Crippen LogP contribution in [0.1, 0.15) is 30.5 Å². The van der Waals surface area contributed by atoms with Crippen LogP contribution in [0.5, 0.6) is 5.88 Å². The smallest absolute Gasteiger partial charge is 0.287 e. The molecule has 0 fully saturated rings. The van der Waals surface area contributed by atoms with E-state index in [0.717, 1.165) is 18.4 Å². The summed E-state index contributed by atoms with van der Waals surface area (Å²) in [4.78, 5) is 15.9. The quantitative estimate of drug-likeness (QED) is 0.259. The number of benzene rings is 3. The van der Waals surface area contributed by atoms with Gasteiger partial charge in [0, 0.05) is 10.4 Å². The number of halogens is 1. The van der Waals surface area contributed by atoms with Crippen molar-refractivity contribution in [2.45, 2.75) is 30.7 Å². The summed E-state index contributed by atoms with van der Waals surface area (Å²) < 4.78 is 28.7. The number of aryl methyl sites for hydroxylation is 1. The lowest BCUT2D eigenvalue weighted by Gasteiger charge is -2.16. The van der Waals surface area contributed by atoms with Crippen molar-refractivity contribution >= 4 is 44.1 Å². The van der Waals surface area contributed by atoms with Crippen LogP contribution in [0.25, 0.3) is 10.9 Å². The summed E-state index contributed by atoms with van der Waals surface area (Å²) >= 11 is 5.97. The van der Waals surface area contributed by atoms with Crippen LogP contribution in [0.15, 0.2) is 87.9 Å². The fraction of sp³-hybridized carbons (Fsp3) is 0.160. The molecule has 0 aliphatic carbocycles. The lowest BCUT2D eigenvalue weighted by molar-refractivity contribution is -0.120. The Balaban J connectivity index is 1.66. The maximum atomic E-state index is 13.1. The highest BCUT2D eigenvalue weighted by molar-refractivity contribution is 7.89. The highest BCUT2D eigenvalue weighted by Crippen LogP contribution is 2.35. The lowest BCUT2D eigenvalue weighted by atomic mass is 10.1. The third kappa shape index (κ3) is 5.59. The molecule has 0 aliphatic heterocycles. The summed E-state index contributed by atoms with van der Waals surface area (Å²) in [6, 6.07) is 18.3. The number of nitrogens with one attached hydrogen (secondary N) is 2. The van der Waals surface area contributed by atoms with Crippen LogP contribution in [0, 0.1) is 0 Å². The average molecular weight is 511 g/mol. The normalized spacial score (nSPS) is 12.9. The van der Waals surface area contributed by atoms with Crippen LogP contribution < -0.4 is 4.72 Å². The van der Waals surface area contributed by atoms with Crippen molar-refractivity contribution in [3.8, 4) is 5.88 Å². The van der Waals surface area contributed by atoms with Crippen molar-refractivity contribution in [2.75, 3.05) is 0 Å². The number of azo groups is 1. The molecule has 10 heteroatoms. The number of carbonyl (C=O) groups is 1. The number of nitrogens with zero attached hydrogens (tertiary/aromatic N) is 2. The second kappa shape index (κ2) is 10.4. The molecule has 4 rings (SSSR count). The number of aromatic nitrogens is 1. The first-order valence-electron chi connectivity index (χ1n) is 10.9. The molecule has 0 saturated heterocycles. The Morgan fingerprint density at radius 1 is 1.06 bits per heavy atom. The zero-order chi connectivity index (χ0) is 25.0. The first kappa shape index (κ1) is 24.6. The van der Waals surface area contributed by atoms with E-state index in [4.69, 9.17) is 11.6 Å². The molecule has 3 aromatic carbocycles. The van der Waals surface area contributed by atoms with Gasteiger partial charge in [0.1, 0.15) is 6.04 Å². The number of para-hydroxylation sites is 1. The molecule has 0 aliphatic rings. The van der Waals surface area contributed by atoms with Gasteiger partial charge in [-0.15, -0.1) is 10.2 Å². The Morgan fingerprint density at radius 3 is 2.43 bits per heavy atom. The van der Waals surface area contributed by atoms with E-state index in [9.17, 15) is 18.3 Å². The number of fused-ring (bicyclic) bond motifs is 1. The van der Waals surface area contributed by atoms with Gasteiger partial charge < -0.3 is 10.1 Å². The molecule has 0 saturated carbocycles. The molecule has 180 valence electrons. The summed E-state index contributed by atoms with van der Waals surface area (Å²) in [5, 5.41) is 18.8. The molecule has 1 atom stereocenters.